The van der Waals surface area contributed by atoms with Crippen LogP contribution in [0.15, 0.2) is 38.4 Å². The van der Waals surface area contributed by atoms with Crippen LogP contribution in [0.5, 0.6) is 0 Å². The molecule has 0 spiro atoms. The minimum absolute atomic E-state index is 0.233. The lowest BCUT2D eigenvalue weighted by Crippen LogP contribution is -1.89. The number of aromatic nitrogens is 5. The van der Waals surface area contributed by atoms with Crippen molar-refractivity contribution < 1.29 is 4.52 Å². The van der Waals surface area contributed by atoms with E-state index in [0.717, 1.165) is 15.9 Å². The minimum Gasteiger partial charge on any atom is -0.339 e. The highest BCUT2D eigenvalue weighted by Gasteiger charge is 2.12. The van der Waals surface area contributed by atoms with Crippen molar-refractivity contribution in [3.8, 4) is 11.4 Å². The van der Waals surface area contributed by atoms with Gasteiger partial charge in [-0.05, 0) is 6.07 Å². The van der Waals surface area contributed by atoms with Crippen molar-refractivity contribution >= 4 is 27.7 Å². The number of rotatable bonds is 5. The van der Waals surface area contributed by atoms with Crippen LogP contribution >= 0.6 is 27.7 Å². The van der Waals surface area contributed by atoms with E-state index >= 15 is 0 Å². The van der Waals surface area contributed by atoms with Gasteiger partial charge in [-0.15, -0.1) is 5.10 Å². The molecule has 0 unspecified atom stereocenters. The zero-order valence-corrected chi connectivity index (χ0v) is 14.5. The summed E-state index contributed by atoms with van der Waals surface area (Å²) in [5.41, 5.74) is 0.975. The number of benzene rings is 1. The normalized spacial score (nSPS) is 11.3. The van der Waals surface area contributed by atoms with Gasteiger partial charge in [0.15, 0.2) is 11.6 Å². The van der Waals surface area contributed by atoms with Crippen LogP contribution in [0.1, 0.15) is 31.5 Å². The Balaban J connectivity index is 1.68. The topological polar surface area (TPSA) is 80.5 Å². The smallest absolute Gasteiger partial charge is 0.229 e. The van der Waals surface area contributed by atoms with Crippen LogP contribution in [0.2, 0.25) is 0 Å². The van der Waals surface area contributed by atoms with E-state index in [4.69, 9.17) is 4.52 Å². The van der Waals surface area contributed by atoms with Crippen LogP contribution in [-0.2, 0) is 5.75 Å². The first-order valence-corrected chi connectivity index (χ1v) is 8.54. The largest absolute Gasteiger partial charge is 0.339 e. The molecule has 3 rings (SSSR count). The van der Waals surface area contributed by atoms with Gasteiger partial charge in [0.1, 0.15) is 0 Å². The monoisotopic (exact) mass is 379 g/mol. The molecule has 0 saturated carbocycles. The molecule has 0 amide bonds. The standard InChI is InChI=1S/C14H14BrN5OS/c1-8(2)13-16-11(20-21-13)7-22-14-17-12(18-19-14)9-5-3-4-6-10(9)15/h3-6,8H,7H2,1-2H3,(H,17,18,19). The molecule has 0 fully saturated rings. The van der Waals surface area contributed by atoms with E-state index in [1.165, 1.54) is 11.8 Å². The average molecular weight is 380 g/mol. The Kier molecular flexibility index (Phi) is 4.58. The molecule has 0 aliphatic rings. The second-order valence-electron chi connectivity index (χ2n) is 4.94. The van der Waals surface area contributed by atoms with Gasteiger partial charge in [0.25, 0.3) is 0 Å². The van der Waals surface area contributed by atoms with Crippen LogP contribution in [0.4, 0.5) is 0 Å². The fourth-order valence-corrected chi connectivity index (χ4v) is 2.89. The van der Waals surface area contributed by atoms with E-state index in [0.29, 0.717) is 22.6 Å². The average Bonchev–Trinajstić information content (AvgIpc) is 3.15. The van der Waals surface area contributed by atoms with Crippen molar-refractivity contribution in [1.82, 2.24) is 25.3 Å². The first-order valence-electron chi connectivity index (χ1n) is 6.76. The van der Waals surface area contributed by atoms with Gasteiger partial charge in [-0.1, -0.05) is 64.9 Å². The molecule has 0 atom stereocenters. The predicted molar refractivity (Wildman–Crippen MR) is 87.5 cm³/mol. The van der Waals surface area contributed by atoms with Crippen molar-refractivity contribution in [2.24, 2.45) is 0 Å². The number of thioether (sulfide) groups is 1. The summed E-state index contributed by atoms with van der Waals surface area (Å²) >= 11 is 4.97. The summed E-state index contributed by atoms with van der Waals surface area (Å²) in [6.07, 6.45) is 0. The molecule has 0 saturated heterocycles. The number of halogens is 1. The Morgan fingerprint density at radius 2 is 2.09 bits per heavy atom. The SMILES string of the molecule is CC(C)c1nc(CSc2n[nH]c(-c3ccccc3Br)n2)no1. The second-order valence-corrected chi connectivity index (χ2v) is 6.74. The van der Waals surface area contributed by atoms with Crippen LogP contribution in [0.25, 0.3) is 11.4 Å². The highest BCUT2D eigenvalue weighted by Crippen LogP contribution is 2.27. The summed E-state index contributed by atoms with van der Waals surface area (Å²) in [4.78, 5) is 8.81. The van der Waals surface area contributed by atoms with Crippen molar-refractivity contribution in [3.63, 3.8) is 0 Å². The number of nitrogens with one attached hydrogen (secondary N) is 1. The minimum atomic E-state index is 0.233. The molecule has 2 aromatic heterocycles. The van der Waals surface area contributed by atoms with Gasteiger partial charge < -0.3 is 4.52 Å². The summed E-state index contributed by atoms with van der Waals surface area (Å²) < 4.78 is 6.15. The van der Waals surface area contributed by atoms with Gasteiger partial charge in [-0.3, -0.25) is 5.10 Å². The molecule has 0 radical (unpaired) electrons. The molecule has 1 aromatic carbocycles. The highest BCUT2D eigenvalue weighted by atomic mass is 79.9. The highest BCUT2D eigenvalue weighted by molar-refractivity contribution is 9.10. The molecule has 3 aromatic rings. The zero-order valence-electron chi connectivity index (χ0n) is 12.1. The quantitative estimate of drug-likeness (QED) is 0.673. The van der Waals surface area contributed by atoms with Gasteiger partial charge in [0.2, 0.25) is 11.0 Å². The molecule has 0 bridgehead atoms. The molecule has 22 heavy (non-hydrogen) atoms. The van der Waals surface area contributed by atoms with Gasteiger partial charge in [-0.2, -0.15) is 4.98 Å². The molecule has 0 aliphatic heterocycles. The third-order valence-corrected chi connectivity index (χ3v) is 4.44. The summed E-state index contributed by atoms with van der Waals surface area (Å²) in [6, 6.07) is 7.87. The van der Waals surface area contributed by atoms with Gasteiger partial charge in [-0.25, -0.2) is 4.98 Å². The summed E-state index contributed by atoms with van der Waals surface area (Å²) in [7, 11) is 0. The molecule has 8 heteroatoms. The van der Waals surface area contributed by atoms with Gasteiger partial charge in [0, 0.05) is 16.0 Å². The molecule has 6 nitrogen and oxygen atoms in total. The van der Waals surface area contributed by atoms with Crippen molar-refractivity contribution in [1.29, 1.82) is 0 Å². The van der Waals surface area contributed by atoms with E-state index in [9.17, 15) is 0 Å². The predicted octanol–water partition coefficient (Wildman–Crippen LogP) is 4.03. The maximum Gasteiger partial charge on any atom is 0.229 e. The van der Waals surface area contributed by atoms with Crippen LogP contribution in [0.3, 0.4) is 0 Å². The molecule has 0 aliphatic carbocycles. The Hall–Kier alpha value is -1.67. The lowest BCUT2D eigenvalue weighted by Gasteiger charge is -1.98. The molecular weight excluding hydrogens is 366 g/mol. The van der Waals surface area contributed by atoms with Crippen molar-refractivity contribution in [3.05, 3.63) is 40.5 Å². The third kappa shape index (κ3) is 3.38. The van der Waals surface area contributed by atoms with Crippen LogP contribution in [0, 0.1) is 0 Å². The summed E-state index contributed by atoms with van der Waals surface area (Å²) in [5.74, 6) is 2.84. The Labute approximate surface area is 140 Å². The fraction of sp³-hybridized carbons (Fsp3) is 0.286. The Morgan fingerprint density at radius 1 is 1.27 bits per heavy atom. The number of hydrogen-bond donors (Lipinski definition) is 1. The Bertz CT molecular complexity index is 770. The first-order chi connectivity index (χ1) is 10.6. The van der Waals surface area contributed by atoms with E-state index in [-0.39, 0.29) is 5.92 Å². The number of hydrogen-bond acceptors (Lipinski definition) is 6. The number of nitrogens with zero attached hydrogens (tertiary/aromatic N) is 4. The number of aromatic amines is 1. The van der Waals surface area contributed by atoms with E-state index in [2.05, 4.69) is 41.3 Å². The van der Waals surface area contributed by atoms with E-state index < -0.39 is 0 Å². The van der Waals surface area contributed by atoms with Crippen molar-refractivity contribution in [2.75, 3.05) is 0 Å². The van der Waals surface area contributed by atoms with Crippen LogP contribution in [-0.4, -0.2) is 25.3 Å². The second kappa shape index (κ2) is 6.62. The lowest BCUT2D eigenvalue weighted by molar-refractivity contribution is 0.362. The molecule has 2 heterocycles. The maximum absolute atomic E-state index is 5.18. The van der Waals surface area contributed by atoms with Gasteiger partial charge in [0.05, 0.1) is 5.75 Å². The lowest BCUT2D eigenvalue weighted by atomic mass is 10.2. The van der Waals surface area contributed by atoms with Crippen molar-refractivity contribution in [2.45, 2.75) is 30.7 Å². The zero-order chi connectivity index (χ0) is 15.5. The van der Waals surface area contributed by atoms with E-state index in [1.807, 2.05) is 38.1 Å². The fourth-order valence-electron chi connectivity index (χ4n) is 1.77. The molecular formula is C14H14BrN5OS. The maximum atomic E-state index is 5.18. The molecule has 114 valence electrons. The van der Waals surface area contributed by atoms with Crippen LogP contribution < -0.4 is 0 Å². The van der Waals surface area contributed by atoms with Gasteiger partial charge >= 0.3 is 0 Å². The summed E-state index contributed by atoms with van der Waals surface area (Å²) in [5, 5.41) is 11.8. The Morgan fingerprint density at radius 3 is 2.82 bits per heavy atom. The molecule has 1 N–H and O–H groups in total. The third-order valence-electron chi connectivity index (χ3n) is 2.90. The van der Waals surface area contributed by atoms with E-state index in [1.54, 1.807) is 0 Å². The summed E-state index contributed by atoms with van der Waals surface area (Å²) in [6.45, 7) is 4.04. The number of H-pyrrole nitrogens is 1. The first kappa shape index (κ1) is 15.2.